The van der Waals surface area contributed by atoms with Crippen molar-refractivity contribution in [3.05, 3.63) is 57.2 Å². The van der Waals surface area contributed by atoms with Crippen LogP contribution in [0.15, 0.2) is 41.4 Å². The lowest BCUT2D eigenvalue weighted by Crippen LogP contribution is -2.18. The number of nitrogens with zero attached hydrogens (tertiary/aromatic N) is 2. The van der Waals surface area contributed by atoms with E-state index in [-0.39, 0.29) is 4.86 Å². The molecular weight excluding hydrogens is 252 g/mol. The van der Waals surface area contributed by atoms with Crippen LogP contribution in [-0.4, -0.2) is 19.9 Å². The Labute approximate surface area is 109 Å². The van der Waals surface area contributed by atoms with Crippen LogP contribution in [0.1, 0.15) is 19.0 Å². The van der Waals surface area contributed by atoms with Crippen LogP contribution in [0.2, 0.25) is 0 Å². The highest BCUT2D eigenvalue weighted by Gasteiger charge is 2.32. The van der Waals surface area contributed by atoms with Gasteiger partial charge in [-0.3, -0.25) is 15.1 Å². The lowest BCUT2D eigenvalue weighted by Gasteiger charge is -2.16. The van der Waals surface area contributed by atoms with Crippen LogP contribution in [0.3, 0.4) is 0 Å². The van der Waals surface area contributed by atoms with Crippen LogP contribution >= 0.6 is 12.2 Å². The molecule has 1 N–H and O–H groups in total. The highest BCUT2D eigenvalue weighted by molar-refractivity contribution is 7.80. The summed E-state index contributed by atoms with van der Waals surface area (Å²) in [5.74, 6) is -0.396. The van der Waals surface area contributed by atoms with Gasteiger partial charge in [0.05, 0.1) is 10.6 Å². The van der Waals surface area contributed by atoms with E-state index in [0.29, 0.717) is 17.7 Å². The zero-order chi connectivity index (χ0) is 13.3. The van der Waals surface area contributed by atoms with Crippen molar-refractivity contribution in [1.82, 2.24) is 4.98 Å². The Morgan fingerprint density at radius 3 is 2.78 bits per heavy atom. The zero-order valence-electron chi connectivity index (χ0n) is 9.58. The molecule has 1 aromatic rings. The van der Waals surface area contributed by atoms with Crippen molar-refractivity contribution in [2.24, 2.45) is 0 Å². The summed E-state index contributed by atoms with van der Waals surface area (Å²) in [5.41, 5.74) is 1.29. The van der Waals surface area contributed by atoms with Crippen molar-refractivity contribution in [3.8, 4) is 0 Å². The lowest BCUT2D eigenvalue weighted by molar-refractivity contribution is -0.417. The van der Waals surface area contributed by atoms with Crippen molar-refractivity contribution < 1.29 is 10.0 Å². The molecule has 1 aliphatic carbocycles. The zero-order valence-corrected chi connectivity index (χ0v) is 10.4. The predicted octanol–water partition coefficient (Wildman–Crippen LogP) is 2.67. The minimum atomic E-state index is -0.646. The van der Waals surface area contributed by atoms with Gasteiger partial charge in [-0.1, -0.05) is 23.9 Å². The Bertz CT molecular complexity index is 591. The lowest BCUT2D eigenvalue weighted by atomic mass is 9.92. The normalized spacial score (nSPS) is 16.2. The predicted molar refractivity (Wildman–Crippen MR) is 70.7 cm³/mol. The fourth-order valence-electron chi connectivity index (χ4n) is 1.90. The molecule has 0 aliphatic heterocycles. The summed E-state index contributed by atoms with van der Waals surface area (Å²) in [5, 5.41) is 21.0. The highest BCUT2D eigenvalue weighted by atomic mass is 32.1. The maximum absolute atomic E-state index is 10.9. The van der Waals surface area contributed by atoms with E-state index in [2.05, 4.69) is 4.98 Å². The minimum absolute atomic E-state index is 0.148. The number of thiocarbonyl (C=S) groups is 1. The molecular formula is C12H10N2O3S. The molecule has 0 saturated carbocycles. The summed E-state index contributed by atoms with van der Waals surface area (Å²) in [6, 6.07) is 5.19. The molecule has 2 rings (SSSR count). The van der Waals surface area contributed by atoms with Gasteiger partial charge in [-0.2, -0.15) is 0 Å². The Hall–Kier alpha value is -2.08. The molecule has 1 heterocycles. The van der Waals surface area contributed by atoms with E-state index in [0.717, 1.165) is 5.57 Å². The van der Waals surface area contributed by atoms with E-state index < -0.39 is 16.4 Å². The van der Waals surface area contributed by atoms with Crippen LogP contribution in [-0.2, 0) is 0 Å². The van der Waals surface area contributed by atoms with E-state index >= 15 is 0 Å². The molecule has 0 atom stereocenters. The second-order valence-corrected chi connectivity index (χ2v) is 4.42. The summed E-state index contributed by atoms with van der Waals surface area (Å²) in [7, 11) is 0. The van der Waals surface area contributed by atoms with Gasteiger partial charge >= 0.3 is 5.70 Å². The van der Waals surface area contributed by atoms with E-state index in [1.807, 2.05) is 0 Å². The molecule has 5 nitrogen and oxygen atoms in total. The number of aliphatic hydroxyl groups excluding tert-OH is 1. The smallest absolute Gasteiger partial charge is 0.325 e. The molecule has 1 aromatic heterocycles. The number of aromatic nitrogens is 1. The first-order valence-corrected chi connectivity index (χ1v) is 5.65. The Morgan fingerprint density at radius 1 is 1.50 bits per heavy atom. The first-order valence-electron chi connectivity index (χ1n) is 5.24. The summed E-state index contributed by atoms with van der Waals surface area (Å²) in [6.45, 7) is 1.78. The first kappa shape index (κ1) is 12.4. The third kappa shape index (κ3) is 2.02. The average molecular weight is 262 g/mol. The second-order valence-electron chi connectivity index (χ2n) is 3.92. The van der Waals surface area contributed by atoms with Gasteiger partial charge in [0, 0.05) is 18.2 Å². The minimum Gasteiger partial charge on any atom is -0.502 e. The van der Waals surface area contributed by atoms with Crippen molar-refractivity contribution >= 4 is 22.7 Å². The quantitative estimate of drug-likeness (QED) is 0.503. The molecule has 0 bridgehead atoms. The van der Waals surface area contributed by atoms with Crippen LogP contribution < -0.4 is 0 Å². The van der Waals surface area contributed by atoms with E-state index in [1.54, 1.807) is 31.3 Å². The third-order valence-corrected chi connectivity index (χ3v) is 3.02. The molecule has 92 valence electrons. The van der Waals surface area contributed by atoms with Gasteiger partial charge in [-0.15, -0.1) is 0 Å². The molecule has 0 unspecified atom stereocenters. The molecule has 0 fully saturated rings. The van der Waals surface area contributed by atoms with Gasteiger partial charge in [0.15, 0.2) is 0 Å². The average Bonchev–Trinajstić information content (AvgIpc) is 2.28. The molecule has 0 saturated heterocycles. The number of pyridine rings is 1. The van der Waals surface area contributed by atoms with Crippen LogP contribution in [0.25, 0.3) is 5.57 Å². The topological polar surface area (TPSA) is 76.3 Å². The maximum atomic E-state index is 10.9. The number of aliphatic hydroxyl groups is 1. The first-order chi connectivity index (χ1) is 8.52. The van der Waals surface area contributed by atoms with Crippen LogP contribution in [0.5, 0.6) is 0 Å². The Morgan fingerprint density at radius 2 is 2.22 bits per heavy atom. The molecule has 0 radical (unpaired) electrons. The fourth-order valence-corrected chi connectivity index (χ4v) is 2.29. The molecule has 0 spiro atoms. The molecule has 18 heavy (non-hydrogen) atoms. The van der Waals surface area contributed by atoms with Gasteiger partial charge in [0.25, 0.3) is 0 Å². The van der Waals surface area contributed by atoms with Crippen molar-refractivity contribution in [3.63, 3.8) is 0 Å². The van der Waals surface area contributed by atoms with Crippen molar-refractivity contribution in [2.75, 3.05) is 0 Å². The summed E-state index contributed by atoms with van der Waals surface area (Å²) >= 11 is 4.95. The number of rotatable bonds is 2. The largest absolute Gasteiger partial charge is 0.502 e. The van der Waals surface area contributed by atoms with Gasteiger partial charge in [0.2, 0.25) is 5.76 Å². The van der Waals surface area contributed by atoms with E-state index in [9.17, 15) is 15.2 Å². The Balaban J connectivity index is 2.63. The third-order valence-electron chi connectivity index (χ3n) is 2.68. The molecule has 0 amide bonds. The number of hydrogen-bond acceptors (Lipinski definition) is 5. The van der Waals surface area contributed by atoms with Gasteiger partial charge in [-0.05, 0) is 19.1 Å². The van der Waals surface area contributed by atoms with Crippen LogP contribution in [0, 0.1) is 10.1 Å². The summed E-state index contributed by atoms with van der Waals surface area (Å²) in [4.78, 5) is 14.5. The van der Waals surface area contributed by atoms with Gasteiger partial charge in [-0.25, -0.2) is 0 Å². The van der Waals surface area contributed by atoms with E-state index in [1.165, 1.54) is 0 Å². The number of hydrogen-bond donors (Lipinski definition) is 1. The van der Waals surface area contributed by atoms with Crippen molar-refractivity contribution in [2.45, 2.75) is 13.3 Å². The SMILES string of the molecule is CC1=C(c2ccccn2)C(O)=C([N+](=O)[O-])C(=S)C1. The summed E-state index contributed by atoms with van der Waals surface area (Å²) in [6.07, 6.45) is 1.86. The van der Waals surface area contributed by atoms with Crippen molar-refractivity contribution in [1.29, 1.82) is 0 Å². The molecule has 1 aliphatic rings. The monoisotopic (exact) mass is 262 g/mol. The highest BCUT2D eigenvalue weighted by Crippen LogP contribution is 2.33. The number of allylic oxidation sites excluding steroid dienone is 3. The standard InChI is InChI=1S/C12H10N2O3S/c1-7-6-9(18)11(14(16)17)12(15)10(7)8-4-2-3-5-13-8/h2-5,15H,6H2,1H3. The van der Waals surface area contributed by atoms with E-state index in [4.69, 9.17) is 12.2 Å². The maximum Gasteiger partial charge on any atom is 0.325 e. The van der Waals surface area contributed by atoms with Crippen LogP contribution in [0.4, 0.5) is 0 Å². The van der Waals surface area contributed by atoms with Gasteiger partial charge < -0.3 is 5.11 Å². The molecule has 6 heteroatoms. The summed E-state index contributed by atoms with van der Waals surface area (Å²) < 4.78 is 0. The fraction of sp³-hybridized carbons (Fsp3) is 0.167. The molecule has 0 aromatic carbocycles. The Kier molecular flexibility index (Phi) is 3.20. The second kappa shape index (κ2) is 4.66. The van der Waals surface area contributed by atoms with Gasteiger partial charge in [0.1, 0.15) is 4.86 Å². The number of nitro groups is 1.